The highest BCUT2D eigenvalue weighted by atomic mass is 15.4. The quantitative estimate of drug-likeness (QED) is 0.851. The van der Waals surface area contributed by atoms with E-state index in [9.17, 15) is 0 Å². The predicted octanol–water partition coefficient (Wildman–Crippen LogP) is 1.49. The highest BCUT2D eigenvalue weighted by Crippen LogP contribution is 2.45. The zero-order valence-electron chi connectivity index (χ0n) is 11.3. The number of hydrogen-bond donors (Lipinski definition) is 2. The van der Waals surface area contributed by atoms with Crippen molar-refractivity contribution in [3.05, 3.63) is 5.82 Å². The van der Waals surface area contributed by atoms with E-state index in [1.807, 2.05) is 0 Å². The number of aromatic nitrogens is 3. The number of hydrogen-bond acceptors (Lipinski definition) is 4. The monoisotopic (exact) mass is 249 g/mol. The molecule has 1 aliphatic heterocycles. The first-order valence-electron chi connectivity index (χ1n) is 7.08. The third-order valence-corrected chi connectivity index (χ3v) is 4.52. The van der Waals surface area contributed by atoms with Gasteiger partial charge in [-0.2, -0.15) is 4.98 Å². The zero-order chi connectivity index (χ0) is 12.7. The van der Waals surface area contributed by atoms with Gasteiger partial charge >= 0.3 is 0 Å². The summed E-state index contributed by atoms with van der Waals surface area (Å²) in [4.78, 5) is 6.93. The Morgan fingerprint density at radius 3 is 2.61 bits per heavy atom. The van der Waals surface area contributed by atoms with Crippen molar-refractivity contribution in [1.29, 1.82) is 0 Å². The number of nitrogens with one attached hydrogen (secondary N) is 1. The molecule has 1 aromatic rings. The summed E-state index contributed by atoms with van der Waals surface area (Å²) >= 11 is 0. The Morgan fingerprint density at radius 1 is 1.39 bits per heavy atom. The standard InChI is InChI=1S/C13H23N5/c1-8-7-11(8)12-15-13(17-16-12)18-5-3-10(4-6-18)9(2)14/h8-11H,3-7,14H2,1-2H3,(H,15,16,17). The van der Waals surface area contributed by atoms with Crippen molar-refractivity contribution in [2.75, 3.05) is 18.0 Å². The van der Waals surface area contributed by atoms with E-state index < -0.39 is 0 Å². The second-order valence-electron chi connectivity index (χ2n) is 6.02. The first-order chi connectivity index (χ1) is 8.65. The van der Waals surface area contributed by atoms with E-state index in [4.69, 9.17) is 5.73 Å². The molecule has 0 aromatic carbocycles. The molecule has 100 valence electrons. The van der Waals surface area contributed by atoms with Crippen LogP contribution in [0.3, 0.4) is 0 Å². The summed E-state index contributed by atoms with van der Waals surface area (Å²) < 4.78 is 0. The van der Waals surface area contributed by atoms with Crippen molar-refractivity contribution in [2.45, 2.75) is 45.1 Å². The maximum Gasteiger partial charge on any atom is 0.244 e. The lowest BCUT2D eigenvalue weighted by atomic mass is 9.91. The van der Waals surface area contributed by atoms with Gasteiger partial charge < -0.3 is 10.6 Å². The molecule has 3 atom stereocenters. The number of anilines is 1. The van der Waals surface area contributed by atoms with Gasteiger partial charge in [0.05, 0.1) is 0 Å². The van der Waals surface area contributed by atoms with Gasteiger partial charge in [0.2, 0.25) is 5.95 Å². The van der Waals surface area contributed by atoms with Crippen LogP contribution < -0.4 is 10.6 Å². The van der Waals surface area contributed by atoms with Gasteiger partial charge in [0.25, 0.3) is 0 Å². The van der Waals surface area contributed by atoms with E-state index in [1.54, 1.807) is 0 Å². The lowest BCUT2D eigenvalue weighted by molar-refractivity contribution is 0.352. The third-order valence-electron chi connectivity index (χ3n) is 4.52. The average molecular weight is 249 g/mol. The maximum absolute atomic E-state index is 5.96. The van der Waals surface area contributed by atoms with Crippen LogP contribution in [-0.4, -0.2) is 34.3 Å². The van der Waals surface area contributed by atoms with Gasteiger partial charge in [-0.25, -0.2) is 0 Å². The summed E-state index contributed by atoms with van der Waals surface area (Å²) in [7, 11) is 0. The van der Waals surface area contributed by atoms with Crippen LogP contribution in [-0.2, 0) is 0 Å². The Bertz CT molecular complexity index is 405. The van der Waals surface area contributed by atoms with Crippen molar-refractivity contribution in [2.24, 2.45) is 17.6 Å². The normalized spacial score (nSPS) is 30.5. The Kier molecular flexibility index (Phi) is 3.01. The molecule has 0 spiro atoms. The van der Waals surface area contributed by atoms with E-state index in [-0.39, 0.29) is 0 Å². The van der Waals surface area contributed by atoms with Gasteiger partial charge in [0.15, 0.2) is 0 Å². The van der Waals surface area contributed by atoms with Crippen LogP contribution in [0.2, 0.25) is 0 Å². The molecule has 1 aromatic heterocycles. The molecule has 1 aliphatic carbocycles. The van der Waals surface area contributed by atoms with E-state index in [1.165, 1.54) is 6.42 Å². The molecule has 3 N–H and O–H groups in total. The fourth-order valence-electron chi connectivity index (χ4n) is 2.90. The molecular formula is C13H23N5. The summed E-state index contributed by atoms with van der Waals surface area (Å²) in [6.07, 6.45) is 3.56. The largest absolute Gasteiger partial charge is 0.340 e. The second kappa shape index (κ2) is 4.53. The number of aromatic amines is 1. The molecular weight excluding hydrogens is 226 g/mol. The summed E-state index contributed by atoms with van der Waals surface area (Å²) in [6, 6.07) is 0.308. The van der Waals surface area contributed by atoms with Crippen LogP contribution >= 0.6 is 0 Å². The van der Waals surface area contributed by atoms with Crippen LogP contribution in [0.15, 0.2) is 0 Å². The molecule has 0 radical (unpaired) electrons. The summed E-state index contributed by atoms with van der Waals surface area (Å²) in [5.41, 5.74) is 5.96. The molecule has 1 saturated carbocycles. The van der Waals surface area contributed by atoms with Crippen molar-refractivity contribution in [1.82, 2.24) is 15.2 Å². The van der Waals surface area contributed by atoms with Crippen molar-refractivity contribution < 1.29 is 0 Å². The average Bonchev–Trinajstić information content (AvgIpc) is 2.92. The molecule has 0 bridgehead atoms. The highest BCUT2D eigenvalue weighted by molar-refractivity contribution is 5.30. The number of H-pyrrole nitrogens is 1. The lowest BCUT2D eigenvalue weighted by Crippen LogP contribution is -2.40. The van der Waals surface area contributed by atoms with Gasteiger partial charge in [-0.1, -0.05) is 6.92 Å². The predicted molar refractivity (Wildman–Crippen MR) is 71.5 cm³/mol. The molecule has 3 rings (SSSR count). The third kappa shape index (κ3) is 2.23. The number of nitrogens with zero attached hydrogens (tertiary/aromatic N) is 3. The van der Waals surface area contributed by atoms with Gasteiger partial charge in [0, 0.05) is 25.0 Å². The first kappa shape index (κ1) is 12.0. The number of piperidine rings is 1. The minimum Gasteiger partial charge on any atom is -0.340 e. The number of rotatable bonds is 3. The molecule has 5 nitrogen and oxygen atoms in total. The molecule has 2 aliphatic rings. The van der Waals surface area contributed by atoms with Gasteiger partial charge in [-0.15, -0.1) is 5.10 Å². The minimum atomic E-state index is 0.308. The summed E-state index contributed by atoms with van der Waals surface area (Å²) in [5.74, 6) is 4.00. The lowest BCUT2D eigenvalue weighted by Gasteiger charge is -2.32. The summed E-state index contributed by atoms with van der Waals surface area (Å²) in [5, 5.41) is 7.47. The SMILES string of the molecule is CC(N)C1CCN(c2n[nH]c(C3CC3C)n2)CC1. The molecule has 0 amide bonds. The smallest absolute Gasteiger partial charge is 0.244 e. The van der Waals surface area contributed by atoms with Crippen LogP contribution in [0, 0.1) is 11.8 Å². The molecule has 2 heterocycles. The molecule has 18 heavy (non-hydrogen) atoms. The highest BCUT2D eigenvalue weighted by Gasteiger charge is 2.37. The minimum absolute atomic E-state index is 0.308. The van der Waals surface area contributed by atoms with Crippen LogP contribution in [0.4, 0.5) is 5.95 Å². The fraction of sp³-hybridized carbons (Fsp3) is 0.846. The van der Waals surface area contributed by atoms with E-state index in [0.717, 1.165) is 43.6 Å². The van der Waals surface area contributed by atoms with Gasteiger partial charge in [-0.3, -0.25) is 5.10 Å². The molecule has 5 heteroatoms. The Balaban J connectivity index is 1.61. The first-order valence-corrected chi connectivity index (χ1v) is 7.08. The van der Waals surface area contributed by atoms with E-state index in [0.29, 0.717) is 17.9 Å². The Hall–Kier alpha value is -1.10. The van der Waals surface area contributed by atoms with Crippen molar-refractivity contribution >= 4 is 5.95 Å². The van der Waals surface area contributed by atoms with Crippen molar-refractivity contribution in [3.63, 3.8) is 0 Å². The van der Waals surface area contributed by atoms with Crippen LogP contribution in [0.1, 0.15) is 44.9 Å². The summed E-state index contributed by atoms with van der Waals surface area (Å²) in [6.45, 7) is 6.44. The van der Waals surface area contributed by atoms with Gasteiger partial charge in [0.1, 0.15) is 5.82 Å². The topological polar surface area (TPSA) is 70.8 Å². The van der Waals surface area contributed by atoms with Gasteiger partial charge in [-0.05, 0) is 38.0 Å². The fourth-order valence-corrected chi connectivity index (χ4v) is 2.90. The van der Waals surface area contributed by atoms with Crippen LogP contribution in [0.25, 0.3) is 0 Å². The zero-order valence-corrected chi connectivity index (χ0v) is 11.3. The Morgan fingerprint density at radius 2 is 2.06 bits per heavy atom. The van der Waals surface area contributed by atoms with Crippen molar-refractivity contribution in [3.8, 4) is 0 Å². The van der Waals surface area contributed by atoms with E-state index in [2.05, 4.69) is 33.9 Å². The Labute approximate surface area is 108 Å². The maximum atomic E-state index is 5.96. The molecule has 3 unspecified atom stereocenters. The van der Waals surface area contributed by atoms with E-state index >= 15 is 0 Å². The second-order valence-corrected chi connectivity index (χ2v) is 6.02. The van der Waals surface area contributed by atoms with Crippen LogP contribution in [0.5, 0.6) is 0 Å². The molecule has 2 fully saturated rings. The molecule has 1 saturated heterocycles. The number of nitrogens with two attached hydrogens (primary N) is 1.